The molecule has 14 heavy (non-hydrogen) atoms. The Balaban J connectivity index is 2.49. The van der Waals surface area contributed by atoms with Gasteiger partial charge in [0.15, 0.2) is 0 Å². The number of aromatic nitrogens is 2. The summed E-state index contributed by atoms with van der Waals surface area (Å²) in [4.78, 5) is 0. The molecule has 3 heteroatoms. The van der Waals surface area contributed by atoms with Crippen molar-refractivity contribution in [2.45, 2.75) is 6.92 Å². The lowest BCUT2D eigenvalue weighted by atomic mass is 10.1. The Morgan fingerprint density at radius 3 is 2.64 bits per heavy atom. The van der Waals surface area contributed by atoms with Crippen molar-refractivity contribution in [2.75, 3.05) is 5.73 Å². The first kappa shape index (κ1) is 8.81. The molecule has 0 unspecified atom stereocenters. The van der Waals surface area contributed by atoms with E-state index in [0.717, 1.165) is 22.6 Å². The normalized spacial score (nSPS) is 10.4. The van der Waals surface area contributed by atoms with E-state index in [1.807, 2.05) is 42.9 Å². The summed E-state index contributed by atoms with van der Waals surface area (Å²) < 4.78 is 1.86. The number of anilines is 1. The third kappa shape index (κ3) is 1.48. The van der Waals surface area contributed by atoms with Crippen molar-refractivity contribution >= 4 is 5.69 Å². The van der Waals surface area contributed by atoms with Gasteiger partial charge in [-0.05, 0) is 25.1 Å². The maximum atomic E-state index is 5.71. The first-order valence-corrected chi connectivity index (χ1v) is 4.53. The van der Waals surface area contributed by atoms with Gasteiger partial charge in [0.1, 0.15) is 0 Å². The molecule has 1 heterocycles. The largest absolute Gasteiger partial charge is 0.399 e. The summed E-state index contributed by atoms with van der Waals surface area (Å²) in [5, 5.41) is 4.38. The Morgan fingerprint density at radius 1 is 1.29 bits per heavy atom. The monoisotopic (exact) mass is 187 g/mol. The molecule has 2 N–H and O–H groups in total. The smallest absolute Gasteiger partial charge is 0.0926 e. The van der Waals surface area contributed by atoms with Crippen LogP contribution < -0.4 is 5.73 Å². The van der Waals surface area contributed by atoms with E-state index in [0.29, 0.717) is 0 Å². The number of hydrogen-bond donors (Lipinski definition) is 1. The third-order valence-corrected chi connectivity index (χ3v) is 2.30. The molecule has 0 saturated heterocycles. The first-order valence-electron chi connectivity index (χ1n) is 4.53. The molecule has 0 bridgehead atoms. The fourth-order valence-corrected chi connectivity index (χ4v) is 1.40. The third-order valence-electron chi connectivity index (χ3n) is 2.30. The van der Waals surface area contributed by atoms with E-state index in [-0.39, 0.29) is 0 Å². The van der Waals surface area contributed by atoms with E-state index in [4.69, 9.17) is 5.73 Å². The molecule has 0 spiro atoms. The maximum absolute atomic E-state index is 5.71. The predicted molar refractivity (Wildman–Crippen MR) is 57.8 cm³/mol. The maximum Gasteiger partial charge on any atom is 0.0926 e. The molecule has 1 aromatic carbocycles. The Hall–Kier alpha value is -1.77. The van der Waals surface area contributed by atoms with Gasteiger partial charge in [-0.3, -0.25) is 4.68 Å². The number of nitrogens with two attached hydrogens (primary N) is 1. The molecule has 1 aromatic heterocycles. The van der Waals surface area contributed by atoms with Crippen molar-refractivity contribution in [3.63, 3.8) is 0 Å². The summed E-state index contributed by atoms with van der Waals surface area (Å²) in [5.74, 6) is 0. The second kappa shape index (κ2) is 3.18. The predicted octanol–water partition coefficient (Wildman–Crippen LogP) is 1.98. The topological polar surface area (TPSA) is 43.8 Å². The van der Waals surface area contributed by atoms with E-state index in [1.54, 1.807) is 0 Å². The summed E-state index contributed by atoms with van der Waals surface area (Å²) in [6.45, 7) is 2.03. The molecule has 0 atom stereocenters. The molecule has 72 valence electrons. The van der Waals surface area contributed by atoms with Gasteiger partial charge in [-0.25, -0.2) is 0 Å². The van der Waals surface area contributed by atoms with Gasteiger partial charge in [-0.1, -0.05) is 12.1 Å². The van der Waals surface area contributed by atoms with Crippen molar-refractivity contribution in [2.24, 2.45) is 7.05 Å². The van der Waals surface area contributed by atoms with Crippen molar-refractivity contribution in [1.29, 1.82) is 0 Å². The summed E-state index contributed by atoms with van der Waals surface area (Å²) in [7, 11) is 1.94. The standard InChI is InChI=1S/C11H13N3/c1-8-6-11(13-14(8)2)9-4-3-5-10(12)7-9/h3-7H,12H2,1-2H3. The van der Waals surface area contributed by atoms with Crippen molar-refractivity contribution in [3.8, 4) is 11.3 Å². The molecule has 0 saturated carbocycles. The van der Waals surface area contributed by atoms with Crippen LogP contribution in [-0.2, 0) is 7.05 Å². The second-order valence-electron chi connectivity index (χ2n) is 3.42. The average molecular weight is 187 g/mol. The molecule has 0 fully saturated rings. The van der Waals surface area contributed by atoms with Gasteiger partial charge in [0.2, 0.25) is 0 Å². The minimum absolute atomic E-state index is 0.769. The van der Waals surface area contributed by atoms with Gasteiger partial charge in [0, 0.05) is 24.0 Å². The summed E-state index contributed by atoms with van der Waals surface area (Å²) in [6, 6.07) is 9.81. The highest BCUT2D eigenvalue weighted by Gasteiger charge is 2.03. The lowest BCUT2D eigenvalue weighted by Gasteiger charge is -1.97. The summed E-state index contributed by atoms with van der Waals surface area (Å²) in [5.41, 5.74) is 9.65. The Morgan fingerprint density at radius 2 is 2.07 bits per heavy atom. The van der Waals surface area contributed by atoms with E-state index in [2.05, 4.69) is 11.2 Å². The van der Waals surface area contributed by atoms with Gasteiger partial charge < -0.3 is 5.73 Å². The molecule has 0 amide bonds. The van der Waals surface area contributed by atoms with E-state index in [1.165, 1.54) is 0 Å². The lowest BCUT2D eigenvalue weighted by molar-refractivity contribution is 0.743. The van der Waals surface area contributed by atoms with Crippen LogP contribution in [0.3, 0.4) is 0 Å². The second-order valence-corrected chi connectivity index (χ2v) is 3.42. The summed E-state index contributed by atoms with van der Waals surface area (Å²) in [6.07, 6.45) is 0. The Labute approximate surface area is 83.2 Å². The molecule has 0 aliphatic rings. The molecule has 3 nitrogen and oxygen atoms in total. The minimum atomic E-state index is 0.769. The van der Waals surface area contributed by atoms with Crippen molar-refractivity contribution in [1.82, 2.24) is 9.78 Å². The molecular weight excluding hydrogens is 174 g/mol. The van der Waals surface area contributed by atoms with Crippen LogP contribution in [0.15, 0.2) is 30.3 Å². The molecular formula is C11H13N3. The highest BCUT2D eigenvalue weighted by Crippen LogP contribution is 2.20. The van der Waals surface area contributed by atoms with Crippen LogP contribution in [0.2, 0.25) is 0 Å². The molecule has 2 aromatic rings. The van der Waals surface area contributed by atoms with Crippen LogP contribution in [0.4, 0.5) is 5.69 Å². The van der Waals surface area contributed by atoms with E-state index >= 15 is 0 Å². The van der Waals surface area contributed by atoms with Gasteiger partial charge >= 0.3 is 0 Å². The number of benzene rings is 1. The number of nitrogen functional groups attached to an aromatic ring is 1. The number of hydrogen-bond acceptors (Lipinski definition) is 2. The van der Waals surface area contributed by atoms with Crippen LogP contribution in [0.5, 0.6) is 0 Å². The van der Waals surface area contributed by atoms with Crippen LogP contribution in [0, 0.1) is 6.92 Å². The van der Waals surface area contributed by atoms with Gasteiger partial charge in [-0.15, -0.1) is 0 Å². The zero-order chi connectivity index (χ0) is 10.1. The van der Waals surface area contributed by atoms with Crippen LogP contribution in [0.1, 0.15) is 5.69 Å². The quantitative estimate of drug-likeness (QED) is 0.694. The zero-order valence-electron chi connectivity index (χ0n) is 8.36. The average Bonchev–Trinajstić information content (AvgIpc) is 2.47. The van der Waals surface area contributed by atoms with Crippen molar-refractivity contribution in [3.05, 3.63) is 36.0 Å². The highest BCUT2D eigenvalue weighted by molar-refractivity contribution is 5.64. The Bertz CT molecular complexity index is 438. The van der Waals surface area contributed by atoms with Gasteiger partial charge in [0.05, 0.1) is 5.69 Å². The minimum Gasteiger partial charge on any atom is -0.399 e. The fourth-order valence-electron chi connectivity index (χ4n) is 1.40. The summed E-state index contributed by atoms with van der Waals surface area (Å²) >= 11 is 0. The van der Waals surface area contributed by atoms with E-state index in [9.17, 15) is 0 Å². The molecule has 0 aliphatic carbocycles. The number of nitrogens with zero attached hydrogens (tertiary/aromatic N) is 2. The molecule has 0 aliphatic heterocycles. The first-order chi connectivity index (χ1) is 6.66. The number of rotatable bonds is 1. The van der Waals surface area contributed by atoms with Crippen molar-refractivity contribution < 1.29 is 0 Å². The van der Waals surface area contributed by atoms with Crippen LogP contribution in [0.25, 0.3) is 11.3 Å². The highest BCUT2D eigenvalue weighted by atomic mass is 15.3. The number of aryl methyl sites for hydroxylation is 2. The van der Waals surface area contributed by atoms with E-state index < -0.39 is 0 Å². The van der Waals surface area contributed by atoms with Crippen LogP contribution >= 0.6 is 0 Å². The zero-order valence-corrected chi connectivity index (χ0v) is 8.36. The Kier molecular flexibility index (Phi) is 2.00. The SMILES string of the molecule is Cc1cc(-c2cccc(N)c2)nn1C. The van der Waals surface area contributed by atoms with Gasteiger partial charge in [0.25, 0.3) is 0 Å². The lowest BCUT2D eigenvalue weighted by Crippen LogP contribution is -1.92. The molecule has 2 rings (SSSR count). The fraction of sp³-hybridized carbons (Fsp3) is 0.182. The van der Waals surface area contributed by atoms with Gasteiger partial charge in [-0.2, -0.15) is 5.10 Å². The molecule has 0 radical (unpaired) electrons. The van der Waals surface area contributed by atoms with Crippen LogP contribution in [-0.4, -0.2) is 9.78 Å².